The number of allylic oxidation sites excluding steroid dienone is 9. The van der Waals surface area contributed by atoms with Crippen molar-refractivity contribution in [3.05, 3.63) is 60.8 Å². The topological polar surface area (TPSA) is 95.9 Å². The Hall–Kier alpha value is -2.44. The number of amides is 1. The minimum atomic E-state index is -0.808. The number of ether oxygens (including phenoxy) is 1. The molecular weight excluding hydrogens is 647 g/mol. The second-order valence-corrected chi connectivity index (χ2v) is 14.4. The molecule has 3 unspecified atom stereocenters. The van der Waals surface area contributed by atoms with Crippen LogP contribution in [-0.2, 0) is 14.3 Å². The molecule has 300 valence electrons. The Morgan fingerprint density at radius 1 is 0.577 bits per heavy atom. The van der Waals surface area contributed by atoms with Crippen LogP contribution >= 0.6 is 0 Å². The minimum absolute atomic E-state index is 0.000930. The lowest BCUT2D eigenvalue weighted by Crippen LogP contribution is -2.46. The molecule has 0 radical (unpaired) electrons. The predicted octanol–water partition coefficient (Wildman–Crippen LogP) is 12.1. The van der Waals surface area contributed by atoms with Crippen LogP contribution in [0, 0.1) is 0 Å². The zero-order valence-electron chi connectivity index (χ0n) is 33.9. The van der Waals surface area contributed by atoms with Crippen LogP contribution in [0.1, 0.15) is 194 Å². The molecule has 0 saturated carbocycles. The van der Waals surface area contributed by atoms with Crippen molar-refractivity contribution in [2.24, 2.45) is 0 Å². The number of nitrogens with one attached hydrogen (secondary N) is 1. The van der Waals surface area contributed by atoms with Gasteiger partial charge in [0.15, 0.2) is 0 Å². The second kappa shape index (κ2) is 39.8. The molecular formula is C46H81NO5. The maximum absolute atomic E-state index is 13.0. The van der Waals surface area contributed by atoms with Gasteiger partial charge in [-0.05, 0) is 44.9 Å². The first-order valence-corrected chi connectivity index (χ1v) is 21.5. The van der Waals surface area contributed by atoms with Crippen LogP contribution < -0.4 is 5.32 Å². The van der Waals surface area contributed by atoms with Crippen LogP contribution in [0.15, 0.2) is 60.8 Å². The van der Waals surface area contributed by atoms with Crippen LogP contribution in [-0.4, -0.2) is 46.9 Å². The maximum atomic E-state index is 13.0. The van der Waals surface area contributed by atoms with Crippen molar-refractivity contribution >= 4 is 11.9 Å². The van der Waals surface area contributed by atoms with Gasteiger partial charge < -0.3 is 20.3 Å². The van der Waals surface area contributed by atoms with E-state index in [4.69, 9.17) is 4.74 Å². The molecule has 0 rings (SSSR count). The van der Waals surface area contributed by atoms with Crippen LogP contribution in [0.3, 0.4) is 0 Å². The van der Waals surface area contributed by atoms with E-state index >= 15 is 0 Å². The highest BCUT2D eigenvalue weighted by atomic mass is 16.5. The first kappa shape index (κ1) is 49.6. The Kier molecular flexibility index (Phi) is 37.9. The Morgan fingerprint density at radius 3 is 1.46 bits per heavy atom. The predicted molar refractivity (Wildman–Crippen MR) is 222 cm³/mol. The number of rotatable bonds is 37. The first-order valence-electron chi connectivity index (χ1n) is 21.5. The van der Waals surface area contributed by atoms with Gasteiger partial charge in [-0.15, -0.1) is 0 Å². The van der Waals surface area contributed by atoms with Gasteiger partial charge in [-0.25, -0.2) is 0 Å². The molecule has 0 bridgehead atoms. The number of hydrogen-bond donors (Lipinski definition) is 3. The quantitative estimate of drug-likeness (QED) is 0.0336. The highest BCUT2D eigenvalue weighted by Gasteiger charge is 2.23. The van der Waals surface area contributed by atoms with Crippen molar-refractivity contribution in [3.8, 4) is 0 Å². The van der Waals surface area contributed by atoms with Gasteiger partial charge in [-0.3, -0.25) is 9.59 Å². The summed E-state index contributed by atoms with van der Waals surface area (Å²) in [5.74, 6) is -0.587. The zero-order chi connectivity index (χ0) is 38.2. The Labute approximate surface area is 320 Å². The van der Waals surface area contributed by atoms with E-state index in [0.29, 0.717) is 19.3 Å². The van der Waals surface area contributed by atoms with Crippen molar-refractivity contribution in [2.75, 3.05) is 6.61 Å². The number of carbonyl (C=O) groups is 2. The highest BCUT2D eigenvalue weighted by molar-refractivity contribution is 5.77. The smallest absolute Gasteiger partial charge is 0.306 e. The lowest BCUT2D eigenvalue weighted by molar-refractivity contribution is -0.150. The van der Waals surface area contributed by atoms with Gasteiger partial charge in [-0.1, -0.05) is 191 Å². The number of unbranched alkanes of at least 4 members (excludes halogenated alkanes) is 16. The molecule has 0 aromatic carbocycles. The van der Waals surface area contributed by atoms with Crippen LogP contribution in [0.2, 0.25) is 0 Å². The number of esters is 1. The average Bonchev–Trinajstić information content (AvgIpc) is 3.13. The standard InChI is InChI=1S/C46H81NO5/c1-4-7-10-13-16-19-20-21-22-23-24-27-28-31-34-37-42(52-46(51)39-36-33-30-26-18-15-12-9-6-3)40-45(50)47-43(41-48)44(49)38-35-32-29-25-17-14-11-8-5-2/h7,10,16,19,21-22,24,27,31,34,42-44,48-49H,4-6,8-9,11-15,17-18,20,23,25-26,28-30,32-33,35-41H2,1-3H3,(H,47,50)/b10-7-,19-16-,22-21-,27-24-,34-31-. The summed E-state index contributed by atoms with van der Waals surface area (Å²) in [6.07, 6.45) is 47.3. The highest BCUT2D eigenvalue weighted by Crippen LogP contribution is 2.15. The molecule has 0 aliphatic heterocycles. The number of carbonyl (C=O) groups excluding carboxylic acids is 2. The normalized spacial score (nSPS) is 14.0. The third kappa shape index (κ3) is 34.6. The summed E-state index contributed by atoms with van der Waals surface area (Å²) in [7, 11) is 0. The van der Waals surface area contributed by atoms with Crippen molar-refractivity contribution in [3.63, 3.8) is 0 Å². The Bertz CT molecular complexity index is 952. The van der Waals surface area contributed by atoms with Gasteiger partial charge in [-0.2, -0.15) is 0 Å². The van der Waals surface area contributed by atoms with Crippen LogP contribution in [0.25, 0.3) is 0 Å². The van der Waals surface area contributed by atoms with Crippen LogP contribution in [0.4, 0.5) is 0 Å². The number of aliphatic hydroxyl groups is 2. The number of hydrogen-bond acceptors (Lipinski definition) is 5. The van der Waals surface area contributed by atoms with Gasteiger partial charge in [0.1, 0.15) is 6.10 Å². The van der Waals surface area contributed by atoms with E-state index in [-0.39, 0.29) is 24.9 Å². The third-order valence-corrected chi connectivity index (χ3v) is 9.36. The molecule has 0 fully saturated rings. The van der Waals surface area contributed by atoms with Gasteiger partial charge in [0.05, 0.1) is 25.2 Å². The molecule has 1 amide bonds. The molecule has 0 aliphatic carbocycles. The van der Waals surface area contributed by atoms with E-state index in [1.807, 2.05) is 12.2 Å². The summed E-state index contributed by atoms with van der Waals surface area (Å²) in [6, 6.07) is -0.728. The molecule has 0 aromatic heterocycles. The van der Waals surface area contributed by atoms with E-state index in [9.17, 15) is 19.8 Å². The van der Waals surface area contributed by atoms with Crippen molar-refractivity contribution in [1.82, 2.24) is 5.32 Å². The zero-order valence-corrected chi connectivity index (χ0v) is 33.9. The van der Waals surface area contributed by atoms with Gasteiger partial charge in [0.25, 0.3) is 0 Å². The fraction of sp³-hybridized carbons (Fsp3) is 0.739. The first-order chi connectivity index (χ1) is 25.5. The summed E-state index contributed by atoms with van der Waals surface area (Å²) in [5.41, 5.74) is 0. The van der Waals surface area contributed by atoms with Crippen LogP contribution in [0.5, 0.6) is 0 Å². The summed E-state index contributed by atoms with van der Waals surface area (Å²) >= 11 is 0. The molecule has 3 atom stereocenters. The van der Waals surface area contributed by atoms with E-state index in [0.717, 1.165) is 70.6 Å². The lowest BCUT2D eigenvalue weighted by atomic mass is 10.0. The molecule has 0 heterocycles. The van der Waals surface area contributed by atoms with Crippen molar-refractivity contribution in [2.45, 2.75) is 212 Å². The second-order valence-electron chi connectivity index (χ2n) is 14.4. The molecule has 6 heteroatoms. The summed E-state index contributed by atoms with van der Waals surface area (Å²) in [6.45, 7) is 6.27. The number of aliphatic hydroxyl groups excluding tert-OH is 2. The van der Waals surface area contributed by atoms with Gasteiger partial charge in [0, 0.05) is 12.8 Å². The Morgan fingerprint density at radius 2 is 1.00 bits per heavy atom. The Balaban J connectivity index is 4.79. The van der Waals surface area contributed by atoms with Crippen molar-refractivity contribution < 1.29 is 24.5 Å². The molecule has 6 nitrogen and oxygen atoms in total. The summed E-state index contributed by atoms with van der Waals surface area (Å²) in [5, 5.41) is 23.5. The molecule has 52 heavy (non-hydrogen) atoms. The minimum Gasteiger partial charge on any atom is -0.461 e. The van der Waals surface area contributed by atoms with E-state index < -0.39 is 18.2 Å². The largest absolute Gasteiger partial charge is 0.461 e. The van der Waals surface area contributed by atoms with E-state index in [2.05, 4.69) is 74.7 Å². The van der Waals surface area contributed by atoms with Gasteiger partial charge in [0.2, 0.25) is 5.91 Å². The maximum Gasteiger partial charge on any atom is 0.306 e. The summed E-state index contributed by atoms with van der Waals surface area (Å²) in [4.78, 5) is 25.8. The average molecular weight is 728 g/mol. The SMILES string of the molecule is CC/C=C\C/C=C\C/C=C\C/C=C\C/C=C\CC(CC(=O)NC(CO)C(O)CCCCCCCCCCC)OC(=O)CCCCCCCCCCC. The molecule has 0 aliphatic rings. The van der Waals surface area contributed by atoms with Gasteiger partial charge >= 0.3 is 5.97 Å². The monoisotopic (exact) mass is 728 g/mol. The third-order valence-electron chi connectivity index (χ3n) is 9.36. The van der Waals surface area contributed by atoms with E-state index in [1.54, 1.807) is 0 Å². The molecule has 0 spiro atoms. The van der Waals surface area contributed by atoms with Crippen molar-refractivity contribution in [1.29, 1.82) is 0 Å². The lowest BCUT2D eigenvalue weighted by Gasteiger charge is -2.24. The molecule has 3 N–H and O–H groups in total. The molecule has 0 saturated heterocycles. The summed E-state index contributed by atoms with van der Waals surface area (Å²) < 4.78 is 5.81. The molecule has 0 aromatic rings. The van der Waals surface area contributed by atoms with E-state index in [1.165, 1.54) is 77.0 Å². The fourth-order valence-electron chi connectivity index (χ4n) is 6.10. The fourth-order valence-corrected chi connectivity index (χ4v) is 6.10.